The molecule has 0 unspecified atom stereocenters. The Morgan fingerprint density at radius 3 is 2.57 bits per heavy atom. The van der Waals surface area contributed by atoms with Gasteiger partial charge in [-0.15, -0.1) is 0 Å². The van der Waals surface area contributed by atoms with Gasteiger partial charge in [0.1, 0.15) is 5.82 Å². The van der Waals surface area contributed by atoms with E-state index in [1.807, 2.05) is 12.1 Å². The summed E-state index contributed by atoms with van der Waals surface area (Å²) in [5.74, 6) is -0.281. The van der Waals surface area contributed by atoms with Crippen molar-refractivity contribution >= 4 is 11.6 Å². The zero-order chi connectivity index (χ0) is 9.97. The van der Waals surface area contributed by atoms with E-state index >= 15 is 0 Å². The van der Waals surface area contributed by atoms with Crippen molar-refractivity contribution in [3.05, 3.63) is 59.4 Å². The SMILES string of the molecule is Fc1cc[c]cc1-c1ccccc1Cl. The van der Waals surface area contributed by atoms with E-state index in [1.54, 1.807) is 18.2 Å². The molecule has 0 bridgehead atoms. The third kappa shape index (κ3) is 1.64. The molecule has 0 saturated carbocycles. The highest BCUT2D eigenvalue weighted by Gasteiger charge is 2.06. The lowest BCUT2D eigenvalue weighted by atomic mass is 10.1. The van der Waals surface area contributed by atoms with Crippen LogP contribution < -0.4 is 0 Å². The quantitative estimate of drug-likeness (QED) is 0.662. The van der Waals surface area contributed by atoms with Gasteiger partial charge in [-0.3, -0.25) is 0 Å². The molecule has 1 radical (unpaired) electrons. The van der Waals surface area contributed by atoms with Crippen molar-refractivity contribution in [2.75, 3.05) is 0 Å². The summed E-state index contributed by atoms with van der Waals surface area (Å²) in [5.41, 5.74) is 1.18. The second-order valence-electron chi connectivity index (χ2n) is 2.89. The van der Waals surface area contributed by atoms with Crippen LogP contribution in [0.1, 0.15) is 0 Å². The van der Waals surface area contributed by atoms with E-state index in [9.17, 15) is 4.39 Å². The Labute approximate surface area is 87.0 Å². The molecule has 0 fully saturated rings. The van der Waals surface area contributed by atoms with Gasteiger partial charge in [-0.25, -0.2) is 4.39 Å². The zero-order valence-corrected chi connectivity index (χ0v) is 8.05. The molecule has 0 N–H and O–H groups in total. The Balaban J connectivity index is 2.61. The van der Waals surface area contributed by atoms with Crippen molar-refractivity contribution in [1.82, 2.24) is 0 Å². The molecule has 0 heterocycles. The Morgan fingerprint density at radius 1 is 1.07 bits per heavy atom. The molecule has 0 spiro atoms. The van der Waals surface area contributed by atoms with Crippen molar-refractivity contribution in [3.8, 4) is 11.1 Å². The Bertz CT molecular complexity index is 408. The maximum atomic E-state index is 13.4. The van der Waals surface area contributed by atoms with Crippen molar-refractivity contribution in [2.45, 2.75) is 0 Å². The first-order chi connectivity index (χ1) is 6.79. The molecule has 0 amide bonds. The third-order valence-electron chi connectivity index (χ3n) is 1.97. The molecule has 0 aromatic heterocycles. The topological polar surface area (TPSA) is 0 Å². The van der Waals surface area contributed by atoms with E-state index in [1.165, 1.54) is 12.1 Å². The molecule has 0 aliphatic carbocycles. The van der Waals surface area contributed by atoms with Crippen LogP contribution in [0.15, 0.2) is 42.5 Å². The Kier molecular flexibility index (Phi) is 2.51. The summed E-state index contributed by atoms with van der Waals surface area (Å²) in [6, 6.07) is 14.5. The largest absolute Gasteiger partial charge is 0.206 e. The molecule has 0 saturated heterocycles. The summed E-state index contributed by atoms with van der Waals surface area (Å²) in [5, 5.41) is 0.547. The molecule has 2 aromatic rings. The number of halogens is 2. The van der Waals surface area contributed by atoms with E-state index in [-0.39, 0.29) is 5.82 Å². The van der Waals surface area contributed by atoms with E-state index < -0.39 is 0 Å². The number of rotatable bonds is 1. The molecule has 14 heavy (non-hydrogen) atoms. The summed E-state index contributed by atoms with van der Waals surface area (Å²) < 4.78 is 13.4. The minimum absolute atomic E-state index is 0.281. The predicted molar refractivity (Wildman–Crippen MR) is 55.7 cm³/mol. The molecule has 0 nitrogen and oxygen atoms in total. The van der Waals surface area contributed by atoms with Crippen molar-refractivity contribution in [1.29, 1.82) is 0 Å². The fourth-order valence-corrected chi connectivity index (χ4v) is 1.54. The average molecular weight is 206 g/mol. The van der Waals surface area contributed by atoms with Crippen LogP contribution in [0.5, 0.6) is 0 Å². The first-order valence-corrected chi connectivity index (χ1v) is 4.57. The lowest BCUT2D eigenvalue weighted by Gasteiger charge is -2.04. The van der Waals surface area contributed by atoms with Crippen LogP contribution in [0.2, 0.25) is 5.02 Å². The van der Waals surface area contributed by atoms with Crippen LogP contribution in [0.3, 0.4) is 0 Å². The van der Waals surface area contributed by atoms with Crippen molar-refractivity contribution < 1.29 is 4.39 Å². The molecule has 0 aliphatic rings. The molecule has 0 atom stereocenters. The van der Waals surface area contributed by atoms with Gasteiger partial charge >= 0.3 is 0 Å². The molecule has 2 aromatic carbocycles. The van der Waals surface area contributed by atoms with Crippen LogP contribution in [0.25, 0.3) is 11.1 Å². The molecular weight excluding hydrogens is 199 g/mol. The van der Waals surface area contributed by atoms with Crippen molar-refractivity contribution in [2.24, 2.45) is 0 Å². The highest BCUT2D eigenvalue weighted by Crippen LogP contribution is 2.28. The normalized spacial score (nSPS) is 10.1. The maximum Gasteiger partial charge on any atom is 0.131 e. The van der Waals surface area contributed by atoms with E-state index in [0.29, 0.717) is 16.1 Å². The van der Waals surface area contributed by atoms with Crippen LogP contribution in [0, 0.1) is 11.9 Å². The van der Waals surface area contributed by atoms with Gasteiger partial charge in [-0.05, 0) is 24.3 Å². The second-order valence-corrected chi connectivity index (χ2v) is 3.29. The van der Waals surface area contributed by atoms with Gasteiger partial charge in [-0.2, -0.15) is 0 Å². The van der Waals surface area contributed by atoms with Crippen LogP contribution in [-0.2, 0) is 0 Å². The lowest BCUT2D eigenvalue weighted by molar-refractivity contribution is 0.631. The predicted octanol–water partition coefficient (Wildman–Crippen LogP) is 3.95. The number of benzene rings is 2. The monoisotopic (exact) mass is 205 g/mol. The van der Waals surface area contributed by atoms with E-state index in [4.69, 9.17) is 11.6 Å². The first-order valence-electron chi connectivity index (χ1n) is 4.19. The summed E-state index contributed by atoms with van der Waals surface area (Å²) in [7, 11) is 0. The van der Waals surface area contributed by atoms with Crippen LogP contribution in [-0.4, -0.2) is 0 Å². The molecule has 0 aliphatic heterocycles. The fraction of sp³-hybridized carbons (Fsp3) is 0. The standard InChI is InChI=1S/C12H7ClF/c13-11-7-3-1-5-9(11)10-6-2-4-8-12(10)14/h1,3-8H. The highest BCUT2D eigenvalue weighted by molar-refractivity contribution is 6.33. The van der Waals surface area contributed by atoms with E-state index in [2.05, 4.69) is 6.07 Å². The van der Waals surface area contributed by atoms with Crippen LogP contribution in [0.4, 0.5) is 4.39 Å². The Morgan fingerprint density at radius 2 is 1.86 bits per heavy atom. The molecular formula is C12H7ClF. The number of hydrogen-bond donors (Lipinski definition) is 0. The van der Waals surface area contributed by atoms with Gasteiger partial charge in [0.2, 0.25) is 0 Å². The lowest BCUT2D eigenvalue weighted by Crippen LogP contribution is -1.84. The molecule has 2 rings (SSSR count). The molecule has 69 valence electrons. The minimum atomic E-state index is -0.281. The first kappa shape index (κ1) is 9.22. The minimum Gasteiger partial charge on any atom is -0.206 e. The van der Waals surface area contributed by atoms with Gasteiger partial charge in [-0.1, -0.05) is 35.9 Å². The van der Waals surface area contributed by atoms with Crippen LogP contribution >= 0.6 is 11.6 Å². The Hall–Kier alpha value is -1.34. The van der Waals surface area contributed by atoms with Gasteiger partial charge in [0.25, 0.3) is 0 Å². The summed E-state index contributed by atoms with van der Waals surface area (Å²) in [4.78, 5) is 0. The van der Waals surface area contributed by atoms with Gasteiger partial charge in [0.15, 0.2) is 0 Å². The average Bonchev–Trinajstić information content (AvgIpc) is 2.20. The highest BCUT2D eigenvalue weighted by atomic mass is 35.5. The van der Waals surface area contributed by atoms with Gasteiger partial charge in [0.05, 0.1) is 0 Å². The zero-order valence-electron chi connectivity index (χ0n) is 7.30. The van der Waals surface area contributed by atoms with Gasteiger partial charge in [0, 0.05) is 16.1 Å². The number of hydrogen-bond acceptors (Lipinski definition) is 0. The smallest absolute Gasteiger partial charge is 0.131 e. The molecule has 2 heteroatoms. The van der Waals surface area contributed by atoms with Gasteiger partial charge < -0.3 is 0 Å². The third-order valence-corrected chi connectivity index (χ3v) is 2.30. The van der Waals surface area contributed by atoms with E-state index in [0.717, 1.165) is 0 Å². The maximum absolute atomic E-state index is 13.4. The fourth-order valence-electron chi connectivity index (χ4n) is 1.30. The summed E-state index contributed by atoms with van der Waals surface area (Å²) in [6.45, 7) is 0. The summed E-state index contributed by atoms with van der Waals surface area (Å²) >= 11 is 5.95. The second kappa shape index (κ2) is 3.81. The van der Waals surface area contributed by atoms with Crippen molar-refractivity contribution in [3.63, 3.8) is 0 Å². The summed E-state index contributed by atoms with van der Waals surface area (Å²) in [6.07, 6.45) is 0.